The topological polar surface area (TPSA) is 86.0 Å². The second-order valence-electron chi connectivity index (χ2n) is 8.87. The number of hydrogen-bond donors (Lipinski definition) is 2. The van der Waals surface area contributed by atoms with Gasteiger partial charge in [-0.2, -0.15) is 0 Å². The number of carbonyl (C=O) groups is 1. The fourth-order valence-electron chi connectivity index (χ4n) is 4.60. The lowest BCUT2D eigenvalue weighted by atomic mass is 9.86. The number of methoxy groups -OCH3 is 1. The van der Waals surface area contributed by atoms with E-state index < -0.39 is 0 Å². The summed E-state index contributed by atoms with van der Waals surface area (Å²) in [4.78, 5) is 13.7. The maximum atomic E-state index is 13.6. The van der Waals surface area contributed by atoms with Crippen molar-refractivity contribution in [2.75, 3.05) is 45.2 Å². The van der Waals surface area contributed by atoms with Crippen LogP contribution in [0.4, 0.5) is 10.1 Å². The highest BCUT2D eigenvalue weighted by Gasteiger charge is 2.43. The van der Waals surface area contributed by atoms with E-state index in [1.165, 1.54) is 13.0 Å². The van der Waals surface area contributed by atoms with E-state index in [2.05, 4.69) is 10.2 Å². The molecule has 2 heterocycles. The van der Waals surface area contributed by atoms with Crippen molar-refractivity contribution in [3.05, 3.63) is 47.8 Å². The van der Waals surface area contributed by atoms with Crippen LogP contribution in [-0.2, 0) is 11.2 Å². The number of ether oxygens (including phenoxy) is 3. The molecule has 1 fully saturated rings. The summed E-state index contributed by atoms with van der Waals surface area (Å²) in [5.41, 5.74) is 7.54. The second kappa shape index (κ2) is 9.97. The molecular formula is C25H32FN3O4. The van der Waals surface area contributed by atoms with Gasteiger partial charge in [-0.05, 0) is 37.3 Å². The number of Topliss-reactive ketones (excluding diaryl/α,β-unsaturated/α-hetero) is 1. The number of anilines is 1. The van der Waals surface area contributed by atoms with Gasteiger partial charge in [-0.15, -0.1) is 0 Å². The molecule has 0 saturated carbocycles. The zero-order valence-corrected chi connectivity index (χ0v) is 19.2. The standard InChI is InChI=1S/C25H32FN3O4/c1-17(30)15-28-22-5-4-21(31-2)12-24(22)32-16-20(14-27)29-9-7-25(8-10-29)13-18-11-19(26)3-6-23(18)33-25/h3-6,11-12,20,28H,7-10,13-16,27H2,1-2H3. The number of nitrogens with one attached hydrogen (secondary N) is 1. The van der Waals surface area contributed by atoms with Crippen molar-refractivity contribution in [1.82, 2.24) is 4.90 Å². The summed E-state index contributed by atoms with van der Waals surface area (Å²) in [5, 5.41) is 3.11. The first-order valence-corrected chi connectivity index (χ1v) is 11.4. The van der Waals surface area contributed by atoms with E-state index in [9.17, 15) is 9.18 Å². The number of fused-ring (bicyclic) bond motifs is 1. The Morgan fingerprint density at radius 1 is 1.27 bits per heavy atom. The largest absolute Gasteiger partial charge is 0.497 e. The first kappa shape index (κ1) is 23.3. The summed E-state index contributed by atoms with van der Waals surface area (Å²) in [6, 6.07) is 10.3. The zero-order chi connectivity index (χ0) is 23.4. The number of halogens is 1. The van der Waals surface area contributed by atoms with Crippen LogP contribution in [-0.4, -0.2) is 62.2 Å². The molecule has 2 aliphatic heterocycles. The van der Waals surface area contributed by atoms with Gasteiger partial charge in [-0.1, -0.05) is 0 Å². The number of rotatable bonds is 9. The van der Waals surface area contributed by atoms with E-state index in [1.807, 2.05) is 18.2 Å². The molecule has 3 N–H and O–H groups in total. The fraction of sp³-hybridized carbons (Fsp3) is 0.480. The van der Waals surface area contributed by atoms with Crippen molar-refractivity contribution in [3.63, 3.8) is 0 Å². The Labute approximate surface area is 194 Å². The lowest BCUT2D eigenvalue weighted by Crippen LogP contribution is -2.53. The Balaban J connectivity index is 1.36. The number of nitrogens with zero attached hydrogens (tertiary/aromatic N) is 1. The van der Waals surface area contributed by atoms with Crippen molar-refractivity contribution in [2.24, 2.45) is 5.73 Å². The fourth-order valence-corrected chi connectivity index (χ4v) is 4.60. The van der Waals surface area contributed by atoms with Crippen LogP contribution in [0.25, 0.3) is 0 Å². The number of carbonyl (C=O) groups excluding carboxylic acids is 1. The minimum absolute atomic E-state index is 0.0374. The maximum Gasteiger partial charge on any atom is 0.148 e. The molecule has 0 bridgehead atoms. The second-order valence-corrected chi connectivity index (χ2v) is 8.87. The van der Waals surface area contributed by atoms with E-state index >= 15 is 0 Å². The van der Waals surface area contributed by atoms with Crippen molar-refractivity contribution in [2.45, 2.75) is 37.8 Å². The molecule has 0 amide bonds. The summed E-state index contributed by atoms with van der Waals surface area (Å²) >= 11 is 0. The van der Waals surface area contributed by atoms with Crippen LogP contribution >= 0.6 is 0 Å². The van der Waals surface area contributed by atoms with Crippen molar-refractivity contribution in [1.29, 1.82) is 0 Å². The van der Waals surface area contributed by atoms with Gasteiger partial charge in [0.2, 0.25) is 0 Å². The van der Waals surface area contributed by atoms with Crippen LogP contribution in [0, 0.1) is 5.82 Å². The molecule has 1 spiro atoms. The molecular weight excluding hydrogens is 425 g/mol. The summed E-state index contributed by atoms with van der Waals surface area (Å²) in [7, 11) is 1.60. The Bertz CT molecular complexity index is 992. The Hall–Kier alpha value is -2.84. The molecule has 1 atom stereocenters. The Kier molecular flexibility index (Phi) is 7.05. The monoisotopic (exact) mass is 457 g/mol. The van der Waals surface area contributed by atoms with Crippen LogP contribution in [0.2, 0.25) is 0 Å². The predicted octanol–water partition coefficient (Wildman–Crippen LogP) is 3.01. The van der Waals surface area contributed by atoms with Crippen molar-refractivity contribution >= 4 is 11.5 Å². The van der Waals surface area contributed by atoms with E-state index in [0.717, 1.165) is 49.4 Å². The van der Waals surface area contributed by atoms with Gasteiger partial charge >= 0.3 is 0 Å². The molecule has 4 rings (SSSR count). The third-order valence-corrected chi connectivity index (χ3v) is 6.51. The number of benzene rings is 2. The molecule has 7 nitrogen and oxygen atoms in total. The van der Waals surface area contributed by atoms with Gasteiger partial charge in [0, 0.05) is 50.5 Å². The predicted molar refractivity (Wildman–Crippen MR) is 125 cm³/mol. The minimum atomic E-state index is -0.261. The van der Waals surface area contributed by atoms with Gasteiger partial charge in [0.05, 0.1) is 25.4 Å². The van der Waals surface area contributed by atoms with Crippen molar-refractivity contribution < 1.29 is 23.4 Å². The highest BCUT2D eigenvalue weighted by Crippen LogP contribution is 2.41. The Morgan fingerprint density at radius 2 is 2.06 bits per heavy atom. The molecule has 8 heteroatoms. The molecule has 1 saturated heterocycles. The quantitative estimate of drug-likeness (QED) is 0.599. The third kappa shape index (κ3) is 5.39. The third-order valence-electron chi connectivity index (χ3n) is 6.51. The number of nitrogens with two attached hydrogens (primary N) is 1. The first-order chi connectivity index (χ1) is 15.9. The normalized spacial score (nSPS) is 17.8. The van der Waals surface area contributed by atoms with Gasteiger partial charge < -0.3 is 25.3 Å². The highest BCUT2D eigenvalue weighted by molar-refractivity contribution is 5.81. The maximum absolute atomic E-state index is 13.6. The van der Waals surface area contributed by atoms with Crippen molar-refractivity contribution in [3.8, 4) is 17.2 Å². The van der Waals surface area contributed by atoms with Crippen LogP contribution in [0.15, 0.2) is 36.4 Å². The molecule has 0 radical (unpaired) electrons. The minimum Gasteiger partial charge on any atom is -0.497 e. The summed E-state index contributed by atoms with van der Waals surface area (Å²) < 4.78 is 31.3. The smallest absolute Gasteiger partial charge is 0.148 e. The highest BCUT2D eigenvalue weighted by atomic mass is 19.1. The zero-order valence-electron chi connectivity index (χ0n) is 19.2. The SMILES string of the molecule is COc1ccc(NCC(C)=O)c(OCC(CN)N2CCC3(CC2)Cc2cc(F)ccc2O3)c1. The van der Waals surface area contributed by atoms with Crippen LogP contribution < -0.4 is 25.3 Å². The molecule has 0 aromatic heterocycles. The van der Waals surface area contributed by atoms with Gasteiger partial charge in [0.25, 0.3) is 0 Å². The van der Waals surface area contributed by atoms with Gasteiger partial charge in [0.15, 0.2) is 0 Å². The van der Waals surface area contributed by atoms with Crippen LogP contribution in [0.5, 0.6) is 17.2 Å². The molecule has 0 aliphatic carbocycles. The molecule has 2 aromatic rings. The van der Waals surface area contributed by atoms with Gasteiger partial charge in [-0.25, -0.2) is 4.39 Å². The number of ketones is 1. The first-order valence-electron chi connectivity index (χ1n) is 11.4. The molecule has 33 heavy (non-hydrogen) atoms. The number of hydrogen-bond acceptors (Lipinski definition) is 7. The van der Waals surface area contributed by atoms with Gasteiger partial charge in [0.1, 0.15) is 41.1 Å². The van der Waals surface area contributed by atoms with E-state index in [-0.39, 0.29) is 29.8 Å². The average Bonchev–Trinajstić information content (AvgIpc) is 3.16. The molecule has 2 aromatic carbocycles. The van der Waals surface area contributed by atoms with E-state index in [1.54, 1.807) is 19.2 Å². The lowest BCUT2D eigenvalue weighted by Gasteiger charge is -2.41. The van der Waals surface area contributed by atoms with Crippen LogP contribution in [0.3, 0.4) is 0 Å². The molecule has 178 valence electrons. The summed E-state index contributed by atoms with van der Waals surface area (Å²) in [5.74, 6) is 1.92. The van der Waals surface area contributed by atoms with Gasteiger partial charge in [-0.3, -0.25) is 9.69 Å². The average molecular weight is 458 g/mol. The molecule has 1 unspecified atom stereocenters. The van der Waals surface area contributed by atoms with E-state index in [0.29, 0.717) is 24.7 Å². The summed E-state index contributed by atoms with van der Waals surface area (Å²) in [6.45, 7) is 4.29. The number of piperidine rings is 1. The van der Waals surface area contributed by atoms with Crippen LogP contribution in [0.1, 0.15) is 25.3 Å². The molecule has 2 aliphatic rings. The van der Waals surface area contributed by atoms with E-state index in [4.69, 9.17) is 19.9 Å². The Morgan fingerprint density at radius 3 is 2.76 bits per heavy atom. The lowest BCUT2D eigenvalue weighted by molar-refractivity contribution is -0.115. The number of likely N-dealkylation sites (tertiary alicyclic amines) is 1. The summed E-state index contributed by atoms with van der Waals surface area (Å²) in [6.07, 6.45) is 2.45.